The lowest BCUT2D eigenvalue weighted by atomic mass is 9.93. The van der Waals surface area contributed by atoms with Crippen molar-refractivity contribution >= 4 is 39.8 Å². The summed E-state index contributed by atoms with van der Waals surface area (Å²) in [5.41, 5.74) is 1.06. The molecule has 1 amide bonds. The number of anilines is 2. The number of carbonyl (C=O) groups is 1. The van der Waals surface area contributed by atoms with Crippen LogP contribution >= 0.6 is 22.9 Å². The Hall–Kier alpha value is -1.70. The van der Waals surface area contributed by atoms with Crippen molar-refractivity contribution in [3.63, 3.8) is 0 Å². The van der Waals surface area contributed by atoms with Crippen LogP contribution < -0.4 is 10.6 Å². The van der Waals surface area contributed by atoms with E-state index in [0.29, 0.717) is 16.8 Å². The molecule has 0 bridgehead atoms. The lowest BCUT2D eigenvalue weighted by Gasteiger charge is -2.31. The number of hydrogen-bond acceptors (Lipinski definition) is 6. The molecule has 8 heteroatoms. The Balaban J connectivity index is 1.61. The topological polar surface area (TPSA) is 70.2 Å². The molecule has 128 valence electrons. The number of aromatic nitrogens is 2. The van der Waals surface area contributed by atoms with Gasteiger partial charge in [0, 0.05) is 24.7 Å². The fourth-order valence-electron chi connectivity index (χ4n) is 2.86. The third-order valence-electron chi connectivity index (χ3n) is 4.08. The summed E-state index contributed by atoms with van der Waals surface area (Å²) in [7, 11) is 1.79. The quantitative estimate of drug-likeness (QED) is 0.852. The minimum Gasteiger partial charge on any atom is -0.342 e. The van der Waals surface area contributed by atoms with Gasteiger partial charge < -0.3 is 15.5 Å². The van der Waals surface area contributed by atoms with Crippen LogP contribution in [0.1, 0.15) is 24.5 Å². The van der Waals surface area contributed by atoms with E-state index in [2.05, 4.69) is 21.7 Å². The molecule has 1 saturated heterocycles. The molecule has 2 aromatic heterocycles. The summed E-state index contributed by atoms with van der Waals surface area (Å²) in [6, 6.07) is 5.97. The first kappa shape index (κ1) is 17.1. The highest BCUT2D eigenvalue weighted by atomic mass is 35.5. The van der Waals surface area contributed by atoms with E-state index in [1.165, 1.54) is 11.3 Å². The highest BCUT2D eigenvalue weighted by molar-refractivity contribution is 7.19. The average Bonchev–Trinajstić information content (AvgIpc) is 3.00. The van der Waals surface area contributed by atoms with Crippen molar-refractivity contribution in [2.45, 2.75) is 18.8 Å². The standard InChI is InChI=1S/C16H20ClN5OS/c1-18-10-15(23)22-7-5-11(6-8-22)12-3-2-4-14(20-12)21-16-19-9-13(17)24-16/h2-4,9,11,18H,5-8,10H2,1H3,(H,19,20,21). The molecule has 2 aromatic rings. The molecule has 24 heavy (non-hydrogen) atoms. The lowest BCUT2D eigenvalue weighted by molar-refractivity contribution is -0.131. The van der Waals surface area contributed by atoms with Gasteiger partial charge in [0.05, 0.1) is 12.7 Å². The van der Waals surface area contributed by atoms with Crippen molar-refractivity contribution in [1.29, 1.82) is 0 Å². The summed E-state index contributed by atoms with van der Waals surface area (Å²) in [5, 5.41) is 6.83. The van der Waals surface area contributed by atoms with Crippen LogP contribution in [0.15, 0.2) is 24.4 Å². The zero-order valence-corrected chi connectivity index (χ0v) is 15.0. The number of likely N-dealkylation sites (N-methyl/N-ethyl adjacent to an activating group) is 1. The van der Waals surface area contributed by atoms with E-state index < -0.39 is 0 Å². The Labute approximate surface area is 150 Å². The van der Waals surface area contributed by atoms with E-state index in [1.54, 1.807) is 13.2 Å². The number of nitrogens with one attached hydrogen (secondary N) is 2. The average molecular weight is 366 g/mol. The predicted octanol–water partition coefficient (Wildman–Crippen LogP) is 2.86. The SMILES string of the molecule is CNCC(=O)N1CCC(c2cccc(Nc3ncc(Cl)s3)n2)CC1. The Morgan fingerprint density at radius 3 is 2.88 bits per heavy atom. The van der Waals surface area contributed by atoms with E-state index in [0.717, 1.165) is 42.6 Å². The van der Waals surface area contributed by atoms with Crippen LogP contribution in [0.4, 0.5) is 10.9 Å². The van der Waals surface area contributed by atoms with Gasteiger partial charge in [0.1, 0.15) is 10.2 Å². The van der Waals surface area contributed by atoms with Crippen molar-refractivity contribution in [2.75, 3.05) is 32.0 Å². The number of piperidine rings is 1. The largest absolute Gasteiger partial charge is 0.342 e. The number of nitrogens with zero attached hydrogens (tertiary/aromatic N) is 3. The molecule has 0 radical (unpaired) electrons. The van der Waals surface area contributed by atoms with Crippen molar-refractivity contribution in [3.8, 4) is 0 Å². The smallest absolute Gasteiger partial charge is 0.236 e. The number of rotatable bonds is 5. The van der Waals surface area contributed by atoms with Gasteiger partial charge >= 0.3 is 0 Å². The molecule has 0 aliphatic carbocycles. The number of likely N-dealkylation sites (tertiary alicyclic amines) is 1. The van der Waals surface area contributed by atoms with Gasteiger partial charge in [0.15, 0.2) is 5.13 Å². The second kappa shape index (κ2) is 7.92. The molecule has 2 N–H and O–H groups in total. The fraction of sp³-hybridized carbons (Fsp3) is 0.438. The van der Waals surface area contributed by atoms with Crippen LogP contribution in [0.3, 0.4) is 0 Å². The number of hydrogen-bond donors (Lipinski definition) is 2. The number of thiazole rings is 1. The van der Waals surface area contributed by atoms with Gasteiger partial charge in [0.2, 0.25) is 5.91 Å². The molecule has 1 aliphatic heterocycles. The minimum atomic E-state index is 0.167. The number of carbonyl (C=O) groups excluding carboxylic acids is 1. The van der Waals surface area contributed by atoms with Crippen molar-refractivity contribution < 1.29 is 4.79 Å². The summed E-state index contributed by atoms with van der Waals surface area (Å²) in [4.78, 5) is 22.7. The van der Waals surface area contributed by atoms with E-state index in [1.807, 2.05) is 17.0 Å². The lowest BCUT2D eigenvalue weighted by Crippen LogP contribution is -2.42. The highest BCUT2D eigenvalue weighted by Crippen LogP contribution is 2.29. The molecule has 0 unspecified atom stereocenters. The van der Waals surface area contributed by atoms with Crippen LogP contribution in [-0.2, 0) is 4.79 Å². The van der Waals surface area contributed by atoms with E-state index in [4.69, 9.17) is 16.6 Å². The van der Waals surface area contributed by atoms with Crippen molar-refractivity contribution in [3.05, 3.63) is 34.4 Å². The van der Waals surface area contributed by atoms with Crippen molar-refractivity contribution in [2.24, 2.45) is 0 Å². The summed E-state index contributed by atoms with van der Waals surface area (Å²) < 4.78 is 0.646. The zero-order valence-electron chi connectivity index (χ0n) is 13.5. The first-order valence-electron chi connectivity index (χ1n) is 7.93. The van der Waals surface area contributed by atoms with Gasteiger partial charge in [-0.2, -0.15) is 0 Å². The first-order valence-corrected chi connectivity index (χ1v) is 9.13. The minimum absolute atomic E-state index is 0.167. The van der Waals surface area contributed by atoms with Crippen molar-refractivity contribution in [1.82, 2.24) is 20.2 Å². The van der Waals surface area contributed by atoms with E-state index in [-0.39, 0.29) is 5.91 Å². The third kappa shape index (κ3) is 4.23. The van der Waals surface area contributed by atoms with Crippen LogP contribution in [0, 0.1) is 0 Å². The maximum atomic E-state index is 11.9. The summed E-state index contributed by atoms with van der Waals surface area (Å²) >= 11 is 7.29. The summed E-state index contributed by atoms with van der Waals surface area (Å²) in [6.45, 7) is 1.97. The van der Waals surface area contributed by atoms with E-state index >= 15 is 0 Å². The maximum Gasteiger partial charge on any atom is 0.236 e. The Morgan fingerprint density at radius 2 is 2.21 bits per heavy atom. The van der Waals surface area contributed by atoms with Crippen LogP contribution in [-0.4, -0.2) is 47.5 Å². The zero-order chi connectivity index (χ0) is 16.9. The first-order chi connectivity index (χ1) is 11.7. The van der Waals surface area contributed by atoms with Gasteiger partial charge in [0.25, 0.3) is 0 Å². The molecule has 0 aromatic carbocycles. The molecule has 1 aliphatic rings. The summed E-state index contributed by atoms with van der Waals surface area (Å²) in [6.07, 6.45) is 3.50. The summed E-state index contributed by atoms with van der Waals surface area (Å²) in [5.74, 6) is 1.32. The number of amides is 1. The molecule has 0 atom stereocenters. The highest BCUT2D eigenvalue weighted by Gasteiger charge is 2.24. The second-order valence-corrected chi connectivity index (χ2v) is 7.39. The Kier molecular flexibility index (Phi) is 5.65. The van der Waals surface area contributed by atoms with Gasteiger partial charge in [-0.25, -0.2) is 9.97 Å². The molecule has 3 rings (SSSR count). The van der Waals surface area contributed by atoms with Gasteiger partial charge in [-0.1, -0.05) is 29.0 Å². The van der Waals surface area contributed by atoms with Gasteiger partial charge in [-0.05, 0) is 32.0 Å². The van der Waals surface area contributed by atoms with Gasteiger partial charge in [-0.3, -0.25) is 4.79 Å². The van der Waals surface area contributed by atoms with E-state index in [9.17, 15) is 4.79 Å². The Morgan fingerprint density at radius 1 is 1.42 bits per heavy atom. The fourth-order valence-corrected chi connectivity index (χ4v) is 3.68. The second-order valence-electron chi connectivity index (χ2n) is 5.73. The monoisotopic (exact) mass is 365 g/mol. The number of halogens is 1. The third-order valence-corrected chi connectivity index (χ3v) is 5.11. The van der Waals surface area contributed by atoms with Gasteiger partial charge in [-0.15, -0.1) is 0 Å². The van der Waals surface area contributed by atoms with Crippen LogP contribution in [0.2, 0.25) is 4.34 Å². The molecule has 3 heterocycles. The normalized spacial score (nSPS) is 15.5. The van der Waals surface area contributed by atoms with Crippen LogP contribution in [0.5, 0.6) is 0 Å². The molecular weight excluding hydrogens is 346 g/mol. The number of pyridine rings is 1. The Bertz CT molecular complexity index is 699. The molecule has 6 nitrogen and oxygen atoms in total. The van der Waals surface area contributed by atoms with Crippen LogP contribution in [0.25, 0.3) is 0 Å². The molecule has 0 spiro atoms. The molecular formula is C16H20ClN5OS. The molecule has 1 fully saturated rings. The maximum absolute atomic E-state index is 11.9. The predicted molar refractivity (Wildman–Crippen MR) is 97.1 cm³/mol. The molecule has 0 saturated carbocycles.